The predicted octanol–water partition coefficient (Wildman–Crippen LogP) is 8.34. The van der Waals surface area contributed by atoms with Gasteiger partial charge in [0.2, 0.25) is 12.2 Å². The van der Waals surface area contributed by atoms with Crippen molar-refractivity contribution >= 4 is 23.2 Å². The molecule has 1 aliphatic rings. The average molecular weight is 790 g/mol. The van der Waals surface area contributed by atoms with Gasteiger partial charge in [-0.05, 0) is 71.0 Å². The molecule has 0 saturated carbocycles. The Balaban J connectivity index is 1.85. The van der Waals surface area contributed by atoms with E-state index in [0.717, 1.165) is 63.2 Å². The molecule has 7 rings (SSSR count). The van der Waals surface area contributed by atoms with Crippen molar-refractivity contribution in [1.82, 2.24) is 30.6 Å². The number of aromatic amines is 2. The number of nitrogens with one attached hydrogen (secondary N) is 2. The van der Waals surface area contributed by atoms with Crippen molar-refractivity contribution in [1.29, 1.82) is 0 Å². The number of hydrogen-bond acceptors (Lipinski definition) is 7. The normalized spacial score (nSPS) is 18.0. The number of nitrogens with zero attached hydrogens (tertiary/aromatic N) is 6. The van der Waals surface area contributed by atoms with E-state index in [1.807, 2.05) is 55.9 Å². The first-order valence-corrected chi connectivity index (χ1v) is 20.1. The number of anilines is 1. The van der Waals surface area contributed by atoms with Gasteiger partial charge in [0.15, 0.2) is 6.29 Å². The summed E-state index contributed by atoms with van der Waals surface area (Å²) in [5, 5.41) is 16.8. The van der Waals surface area contributed by atoms with Gasteiger partial charge < -0.3 is 14.5 Å². The minimum absolute atomic E-state index is 0.243. The fourth-order valence-corrected chi connectivity index (χ4v) is 9.08. The van der Waals surface area contributed by atoms with Gasteiger partial charge in [-0.25, -0.2) is 9.88 Å². The average Bonchev–Trinajstić information content (AvgIpc) is 3.80. The highest BCUT2D eigenvalue weighted by molar-refractivity contribution is 6.02. The Morgan fingerprint density at radius 2 is 1.44 bits per heavy atom. The van der Waals surface area contributed by atoms with Crippen LogP contribution in [0.4, 0.5) is 5.69 Å². The summed E-state index contributed by atoms with van der Waals surface area (Å²) in [5.41, 5.74) is 6.89. The van der Waals surface area contributed by atoms with Crippen molar-refractivity contribution in [2.24, 2.45) is 0 Å². The van der Waals surface area contributed by atoms with E-state index in [2.05, 4.69) is 125 Å². The van der Waals surface area contributed by atoms with Crippen molar-refractivity contribution < 1.29 is 14.0 Å². The smallest absolute Gasteiger partial charge is 0.251 e. The maximum Gasteiger partial charge on any atom is 0.251 e. The number of unbranched alkanes of at least 4 members (excludes halogenated alkanes) is 1. The monoisotopic (exact) mass is 789 g/mol. The second-order valence-corrected chi connectivity index (χ2v) is 15.3. The summed E-state index contributed by atoms with van der Waals surface area (Å²) < 4.78 is 14.5. The van der Waals surface area contributed by atoms with Gasteiger partial charge in [0.25, 0.3) is 5.56 Å². The Kier molecular flexibility index (Phi) is 12.2. The molecule has 2 heterocycles. The molecule has 0 aliphatic heterocycles. The number of rotatable bonds is 15. The number of ether oxygens (including phenoxy) is 2. The number of allylic oxidation sites excluding steroid dienone is 3. The van der Waals surface area contributed by atoms with E-state index >= 15 is 0 Å². The van der Waals surface area contributed by atoms with Crippen LogP contribution in [0.25, 0.3) is 22.3 Å². The zero-order chi connectivity index (χ0) is 41.6. The van der Waals surface area contributed by atoms with Crippen molar-refractivity contribution in [2.75, 3.05) is 33.2 Å². The van der Waals surface area contributed by atoms with Crippen LogP contribution in [0.5, 0.6) is 0 Å². The summed E-state index contributed by atoms with van der Waals surface area (Å²) in [6, 6.07) is 41.5. The van der Waals surface area contributed by atoms with E-state index in [9.17, 15) is 4.79 Å². The number of para-hydroxylation sites is 1. The van der Waals surface area contributed by atoms with Crippen molar-refractivity contribution in [2.45, 2.75) is 63.6 Å². The lowest BCUT2D eigenvalue weighted by Crippen LogP contribution is -2.51. The van der Waals surface area contributed by atoms with Crippen molar-refractivity contribution in [3.05, 3.63) is 171 Å². The highest BCUT2D eigenvalue weighted by atomic mass is 16.7. The van der Waals surface area contributed by atoms with Crippen LogP contribution < -0.4 is 10.5 Å². The van der Waals surface area contributed by atoms with Gasteiger partial charge in [-0.15, -0.1) is 10.2 Å². The first-order valence-electron chi connectivity index (χ1n) is 20.1. The summed E-state index contributed by atoms with van der Waals surface area (Å²) in [5.74, 6) is 0.894. The van der Waals surface area contributed by atoms with E-state index in [-0.39, 0.29) is 5.56 Å². The van der Waals surface area contributed by atoms with Crippen LogP contribution in [-0.4, -0.2) is 76.1 Å². The Morgan fingerprint density at radius 3 is 2.03 bits per heavy atom. The summed E-state index contributed by atoms with van der Waals surface area (Å²) in [6.45, 7) is 6.25. The summed E-state index contributed by atoms with van der Waals surface area (Å²) in [4.78, 5) is 24.3. The van der Waals surface area contributed by atoms with E-state index in [1.165, 1.54) is 0 Å². The maximum atomic E-state index is 13.8. The van der Waals surface area contributed by atoms with Gasteiger partial charge in [-0.1, -0.05) is 123 Å². The number of aromatic nitrogens is 6. The number of H-pyrrole nitrogens is 2. The second kappa shape index (κ2) is 17.7. The zero-order valence-electron chi connectivity index (χ0n) is 34.9. The van der Waals surface area contributed by atoms with Gasteiger partial charge in [0.1, 0.15) is 17.2 Å². The van der Waals surface area contributed by atoms with E-state index in [0.29, 0.717) is 30.2 Å². The first kappa shape index (κ1) is 40.9. The molecular weight excluding hydrogens is 737 g/mol. The maximum absolute atomic E-state index is 13.8. The molecule has 0 bridgehead atoms. The van der Waals surface area contributed by atoms with Crippen LogP contribution in [0.1, 0.15) is 68.0 Å². The molecule has 0 radical (unpaired) electrons. The van der Waals surface area contributed by atoms with Crippen LogP contribution in [0.2, 0.25) is 0 Å². The molecule has 2 aromatic heterocycles. The van der Waals surface area contributed by atoms with Gasteiger partial charge in [-0.3, -0.25) is 9.37 Å². The van der Waals surface area contributed by atoms with E-state index in [4.69, 9.17) is 24.7 Å². The molecule has 2 N–H and O–H groups in total. The Bertz CT molecular complexity index is 2510. The lowest BCUT2D eigenvalue weighted by molar-refractivity contribution is -0.460. The Morgan fingerprint density at radius 1 is 0.814 bits per heavy atom. The molecule has 11 nitrogen and oxygen atoms in total. The van der Waals surface area contributed by atoms with Crippen LogP contribution in [0.15, 0.2) is 137 Å². The largest absolute Gasteiger partial charge is 0.356 e. The third-order valence-electron chi connectivity index (χ3n) is 11.4. The summed E-state index contributed by atoms with van der Waals surface area (Å²) >= 11 is 0. The highest BCUT2D eigenvalue weighted by Crippen LogP contribution is 2.64. The number of tetrazole rings is 1. The molecule has 0 amide bonds. The molecule has 11 heteroatoms. The van der Waals surface area contributed by atoms with Crippen LogP contribution in [-0.2, 0) is 20.3 Å². The third-order valence-corrected chi connectivity index (χ3v) is 11.4. The molecule has 0 spiro atoms. The topological polar surface area (TPSA) is 125 Å². The van der Waals surface area contributed by atoms with Gasteiger partial charge in [0.05, 0.1) is 36.2 Å². The van der Waals surface area contributed by atoms with Gasteiger partial charge in [-0.2, -0.15) is 5.21 Å². The molecule has 6 aromatic rings. The summed E-state index contributed by atoms with van der Waals surface area (Å²) in [7, 11) is 7.40. The van der Waals surface area contributed by atoms with E-state index < -0.39 is 17.1 Å². The summed E-state index contributed by atoms with van der Waals surface area (Å²) in [6.07, 6.45) is 4.02. The Hall–Kier alpha value is -6.30. The second-order valence-electron chi connectivity index (χ2n) is 15.3. The SMILES string of the molecule is CCCCC1(c2cc(=O)[nH]c(C)n2)C(c2ccccc2)=C(C)C(CC(OC)OC)(c2ccccc2-c2ccccc2)C(N(C=[N+](C)C)c2ccccc2)=C1c1nn[nH]n1. The number of benzene rings is 4. The van der Waals surface area contributed by atoms with Crippen LogP contribution in [0, 0.1) is 6.92 Å². The van der Waals surface area contributed by atoms with Crippen molar-refractivity contribution in [3.8, 4) is 11.1 Å². The minimum Gasteiger partial charge on any atom is -0.356 e. The third kappa shape index (κ3) is 7.59. The van der Waals surface area contributed by atoms with Crippen LogP contribution in [0.3, 0.4) is 0 Å². The highest BCUT2D eigenvalue weighted by Gasteiger charge is 2.60. The van der Waals surface area contributed by atoms with Gasteiger partial charge >= 0.3 is 0 Å². The van der Waals surface area contributed by atoms with Crippen LogP contribution >= 0.6 is 0 Å². The van der Waals surface area contributed by atoms with E-state index in [1.54, 1.807) is 20.3 Å². The predicted molar refractivity (Wildman–Crippen MR) is 234 cm³/mol. The first-order chi connectivity index (χ1) is 28.7. The fourth-order valence-electron chi connectivity index (χ4n) is 9.08. The standard InChI is InChI=1S/C48H52N8O3/c1-8-9-29-47(40-30-41(57)50-34(3)49-40)43(36-23-15-11-16-24-36)33(2)48(31-42(58-6)59-7,39-28-20-19-27-38(39)35-21-13-10-14-22-35)45(44(47)46-51-53-54-52-46)56(32-55(4)5)37-25-17-12-18-26-37/h10-28,30,32,42H,8-9,29,31H2,1-7H3,(H-,49,50,51,52,53,54,57)/p+1. The molecule has 4 aromatic carbocycles. The molecule has 0 fully saturated rings. The van der Waals surface area contributed by atoms with Gasteiger partial charge in [0, 0.05) is 26.7 Å². The molecule has 0 saturated heterocycles. The fraction of sp³-hybridized carbons (Fsp3) is 0.292. The quantitative estimate of drug-likeness (QED) is 0.0461. The zero-order valence-corrected chi connectivity index (χ0v) is 34.9. The molecule has 1 aliphatic carbocycles. The minimum atomic E-state index is -1.09. The molecule has 59 heavy (non-hydrogen) atoms. The molecule has 2 atom stereocenters. The lowest BCUT2D eigenvalue weighted by atomic mass is 9.52. The van der Waals surface area contributed by atoms with Crippen molar-refractivity contribution in [3.63, 3.8) is 0 Å². The lowest BCUT2D eigenvalue weighted by Gasteiger charge is -2.51. The molecular formula is C48H53N8O3+. The Labute approximate surface area is 346 Å². The number of methoxy groups -OCH3 is 2. The molecule has 2 unspecified atom stereocenters. The molecule has 302 valence electrons. The number of aryl methyl sites for hydroxylation is 1. The number of hydrogen-bond donors (Lipinski definition) is 2.